The van der Waals surface area contributed by atoms with E-state index in [4.69, 9.17) is 28.9 Å². The number of nitrogens with one attached hydrogen (secondary N) is 1. The van der Waals surface area contributed by atoms with Gasteiger partial charge in [0.15, 0.2) is 0 Å². The standard InChI is InChI=1S/C17H16Cl2N4/c18-11-3-4-12(15(19)6-11)16-7-13(10-2-1-5-22-9-10)14(8-20)17(21)23-16/h3-4,6-7,10,22H,1-2,5,9H2,(H2,21,23)/t10-/m1/s1. The zero-order valence-electron chi connectivity index (χ0n) is 12.4. The van der Waals surface area contributed by atoms with E-state index in [1.54, 1.807) is 12.1 Å². The molecule has 6 heteroatoms. The summed E-state index contributed by atoms with van der Waals surface area (Å²) < 4.78 is 0. The van der Waals surface area contributed by atoms with Gasteiger partial charge in [0.2, 0.25) is 0 Å². The number of nitrogen functional groups attached to an aromatic ring is 1. The predicted molar refractivity (Wildman–Crippen MR) is 93.7 cm³/mol. The highest BCUT2D eigenvalue weighted by molar-refractivity contribution is 6.36. The van der Waals surface area contributed by atoms with Crippen LogP contribution in [0.5, 0.6) is 0 Å². The maximum atomic E-state index is 9.45. The number of aromatic nitrogens is 1. The lowest BCUT2D eigenvalue weighted by atomic mass is 9.88. The fraction of sp³-hybridized carbons (Fsp3) is 0.294. The summed E-state index contributed by atoms with van der Waals surface area (Å²) in [5.74, 6) is 0.505. The van der Waals surface area contributed by atoms with Crippen molar-refractivity contribution >= 4 is 29.0 Å². The Bertz CT molecular complexity index is 777. The van der Waals surface area contributed by atoms with Crippen LogP contribution in [-0.4, -0.2) is 18.1 Å². The van der Waals surface area contributed by atoms with E-state index in [2.05, 4.69) is 16.4 Å². The molecule has 1 saturated heterocycles. The van der Waals surface area contributed by atoms with Crippen LogP contribution in [0.4, 0.5) is 5.82 Å². The molecule has 0 unspecified atom stereocenters. The first-order valence-electron chi connectivity index (χ1n) is 7.47. The van der Waals surface area contributed by atoms with E-state index < -0.39 is 0 Å². The van der Waals surface area contributed by atoms with Crippen LogP contribution in [0.2, 0.25) is 10.0 Å². The summed E-state index contributed by atoms with van der Waals surface area (Å²) in [5.41, 5.74) is 8.87. The van der Waals surface area contributed by atoms with Gasteiger partial charge in [0.05, 0.1) is 16.3 Å². The first kappa shape index (κ1) is 16.1. The van der Waals surface area contributed by atoms with Gasteiger partial charge in [-0.25, -0.2) is 4.98 Å². The molecule has 1 fully saturated rings. The van der Waals surface area contributed by atoms with Gasteiger partial charge in [0.25, 0.3) is 0 Å². The second-order valence-electron chi connectivity index (χ2n) is 5.64. The SMILES string of the molecule is N#Cc1c([C@@H]2CCCNC2)cc(-c2ccc(Cl)cc2Cl)nc1N. The molecule has 23 heavy (non-hydrogen) atoms. The molecule has 4 nitrogen and oxygen atoms in total. The molecule has 2 heterocycles. The molecule has 2 aromatic rings. The lowest BCUT2D eigenvalue weighted by Crippen LogP contribution is -2.29. The summed E-state index contributed by atoms with van der Waals surface area (Å²) >= 11 is 12.2. The maximum absolute atomic E-state index is 9.45. The summed E-state index contributed by atoms with van der Waals surface area (Å²) in [6.45, 7) is 1.85. The maximum Gasteiger partial charge on any atom is 0.142 e. The van der Waals surface area contributed by atoms with Gasteiger partial charge in [-0.2, -0.15) is 5.26 Å². The quantitative estimate of drug-likeness (QED) is 0.862. The average molecular weight is 347 g/mol. The molecular formula is C17H16Cl2N4. The minimum atomic E-state index is 0.247. The lowest BCUT2D eigenvalue weighted by Gasteiger charge is -2.24. The van der Waals surface area contributed by atoms with E-state index in [1.807, 2.05) is 12.1 Å². The Morgan fingerprint density at radius 1 is 1.30 bits per heavy atom. The van der Waals surface area contributed by atoms with Gasteiger partial charge >= 0.3 is 0 Å². The van der Waals surface area contributed by atoms with Crippen molar-refractivity contribution in [2.75, 3.05) is 18.8 Å². The van der Waals surface area contributed by atoms with Crippen LogP contribution in [0.3, 0.4) is 0 Å². The largest absolute Gasteiger partial charge is 0.383 e. The molecule has 3 rings (SSSR count). The monoisotopic (exact) mass is 346 g/mol. The summed E-state index contributed by atoms with van der Waals surface area (Å²) in [6.07, 6.45) is 2.10. The summed E-state index contributed by atoms with van der Waals surface area (Å²) in [5, 5.41) is 13.9. The smallest absolute Gasteiger partial charge is 0.142 e. The number of halogens is 2. The van der Waals surface area contributed by atoms with E-state index in [-0.39, 0.29) is 11.7 Å². The molecule has 1 aliphatic rings. The molecule has 1 aromatic heterocycles. The molecule has 0 amide bonds. The Kier molecular flexibility index (Phi) is 4.72. The first-order valence-corrected chi connectivity index (χ1v) is 8.22. The zero-order valence-corrected chi connectivity index (χ0v) is 14.0. The van der Waals surface area contributed by atoms with Crippen molar-refractivity contribution in [3.05, 3.63) is 45.4 Å². The molecule has 0 spiro atoms. The number of nitrogens with zero attached hydrogens (tertiary/aromatic N) is 2. The zero-order chi connectivity index (χ0) is 16.4. The van der Waals surface area contributed by atoms with Gasteiger partial charge in [0, 0.05) is 17.1 Å². The van der Waals surface area contributed by atoms with Gasteiger partial charge < -0.3 is 11.1 Å². The average Bonchev–Trinajstić information content (AvgIpc) is 2.55. The fourth-order valence-electron chi connectivity index (χ4n) is 2.98. The van der Waals surface area contributed by atoms with Gasteiger partial charge in [-0.1, -0.05) is 23.2 Å². The van der Waals surface area contributed by atoms with Crippen LogP contribution in [0.15, 0.2) is 24.3 Å². The molecule has 0 aliphatic carbocycles. The van der Waals surface area contributed by atoms with Crippen LogP contribution in [-0.2, 0) is 0 Å². The Morgan fingerprint density at radius 2 is 2.13 bits per heavy atom. The Morgan fingerprint density at radius 3 is 2.78 bits per heavy atom. The third-order valence-electron chi connectivity index (χ3n) is 4.13. The molecule has 118 valence electrons. The van der Waals surface area contributed by atoms with E-state index in [0.717, 1.165) is 37.1 Å². The van der Waals surface area contributed by atoms with Gasteiger partial charge in [-0.05, 0) is 55.1 Å². The van der Waals surface area contributed by atoms with Crippen molar-refractivity contribution in [1.82, 2.24) is 10.3 Å². The van der Waals surface area contributed by atoms with E-state index in [9.17, 15) is 5.26 Å². The number of piperidine rings is 1. The third-order valence-corrected chi connectivity index (χ3v) is 4.68. The highest BCUT2D eigenvalue weighted by atomic mass is 35.5. The van der Waals surface area contributed by atoms with Crippen LogP contribution >= 0.6 is 23.2 Å². The number of rotatable bonds is 2. The van der Waals surface area contributed by atoms with E-state index in [0.29, 0.717) is 21.3 Å². The second-order valence-corrected chi connectivity index (χ2v) is 6.48. The molecule has 0 bridgehead atoms. The summed E-state index contributed by atoms with van der Waals surface area (Å²) in [4.78, 5) is 4.37. The lowest BCUT2D eigenvalue weighted by molar-refractivity contribution is 0.461. The fourth-order valence-corrected chi connectivity index (χ4v) is 3.49. The number of pyridine rings is 1. The molecule has 0 saturated carbocycles. The van der Waals surface area contributed by atoms with Crippen molar-refractivity contribution in [2.45, 2.75) is 18.8 Å². The first-order chi connectivity index (χ1) is 11.1. The summed E-state index contributed by atoms with van der Waals surface area (Å²) in [7, 11) is 0. The van der Waals surface area contributed by atoms with Crippen LogP contribution < -0.4 is 11.1 Å². The van der Waals surface area contributed by atoms with Crippen molar-refractivity contribution in [2.24, 2.45) is 0 Å². The number of anilines is 1. The molecular weight excluding hydrogens is 331 g/mol. The van der Waals surface area contributed by atoms with Crippen molar-refractivity contribution in [1.29, 1.82) is 5.26 Å². The highest BCUT2D eigenvalue weighted by Crippen LogP contribution is 2.35. The normalized spacial score (nSPS) is 17.7. The minimum absolute atomic E-state index is 0.247. The van der Waals surface area contributed by atoms with Crippen LogP contribution in [0, 0.1) is 11.3 Å². The third kappa shape index (κ3) is 3.28. The van der Waals surface area contributed by atoms with Crippen molar-refractivity contribution < 1.29 is 0 Å². The molecule has 0 radical (unpaired) electrons. The van der Waals surface area contributed by atoms with Crippen LogP contribution in [0.1, 0.15) is 29.9 Å². The Hall–Kier alpha value is -1.80. The number of hydrogen-bond acceptors (Lipinski definition) is 4. The second kappa shape index (κ2) is 6.76. The predicted octanol–water partition coefficient (Wildman–Crippen LogP) is 3.98. The number of nitriles is 1. The Labute approximate surface area is 145 Å². The van der Waals surface area contributed by atoms with E-state index >= 15 is 0 Å². The minimum Gasteiger partial charge on any atom is -0.383 e. The molecule has 1 aliphatic heterocycles. The van der Waals surface area contributed by atoms with Crippen molar-refractivity contribution in [3.8, 4) is 17.3 Å². The van der Waals surface area contributed by atoms with Gasteiger partial charge in [0.1, 0.15) is 11.9 Å². The Balaban J connectivity index is 2.12. The molecule has 1 atom stereocenters. The van der Waals surface area contributed by atoms with Gasteiger partial charge in [-0.15, -0.1) is 0 Å². The van der Waals surface area contributed by atoms with Crippen molar-refractivity contribution in [3.63, 3.8) is 0 Å². The number of nitrogens with two attached hydrogens (primary N) is 1. The van der Waals surface area contributed by atoms with Gasteiger partial charge in [-0.3, -0.25) is 0 Å². The number of benzene rings is 1. The topological polar surface area (TPSA) is 74.7 Å². The summed E-state index contributed by atoms with van der Waals surface area (Å²) in [6, 6.07) is 9.39. The van der Waals surface area contributed by atoms with Crippen LogP contribution in [0.25, 0.3) is 11.3 Å². The number of hydrogen-bond donors (Lipinski definition) is 2. The molecule has 1 aromatic carbocycles. The highest BCUT2D eigenvalue weighted by Gasteiger charge is 2.22. The molecule has 3 N–H and O–H groups in total. The van der Waals surface area contributed by atoms with E-state index in [1.165, 1.54) is 0 Å².